The van der Waals surface area contributed by atoms with E-state index in [9.17, 15) is 8.78 Å². The van der Waals surface area contributed by atoms with Crippen LogP contribution >= 0.6 is 0 Å². The van der Waals surface area contributed by atoms with E-state index in [0.29, 0.717) is 44.8 Å². The molecule has 2 fully saturated rings. The van der Waals surface area contributed by atoms with Crippen molar-refractivity contribution in [3.05, 3.63) is 11.7 Å². The quantitative estimate of drug-likeness (QED) is 0.792. The minimum atomic E-state index is -0.808. The van der Waals surface area contributed by atoms with E-state index in [4.69, 9.17) is 14.2 Å². The van der Waals surface area contributed by atoms with Gasteiger partial charge in [-0.25, -0.2) is 8.78 Å². The van der Waals surface area contributed by atoms with E-state index in [1.807, 2.05) is 6.92 Å². The molecule has 3 nitrogen and oxygen atoms in total. The van der Waals surface area contributed by atoms with Crippen molar-refractivity contribution in [1.82, 2.24) is 0 Å². The van der Waals surface area contributed by atoms with Crippen LogP contribution in [0.25, 0.3) is 0 Å². The Kier molecular flexibility index (Phi) is 3.63. The van der Waals surface area contributed by atoms with Gasteiger partial charge >= 0.3 is 0 Å². The maximum absolute atomic E-state index is 14.3. The standard InChI is InChI=1S/C15H22F2O3/c1-10-7-18-13(19-8-10)20-9-15-5-3-14(2,4-6-15)11(16)12(15)17/h10,13H,3-9H2,1-2H3. The first-order chi connectivity index (χ1) is 9.45. The van der Waals surface area contributed by atoms with E-state index in [2.05, 4.69) is 0 Å². The Labute approximate surface area is 118 Å². The molecule has 0 radical (unpaired) electrons. The summed E-state index contributed by atoms with van der Waals surface area (Å²) < 4.78 is 44.8. The normalized spacial score (nSPS) is 45.0. The van der Waals surface area contributed by atoms with Gasteiger partial charge in [-0.15, -0.1) is 0 Å². The molecule has 5 heteroatoms. The fourth-order valence-corrected chi connectivity index (χ4v) is 3.33. The second kappa shape index (κ2) is 5.04. The third-order valence-corrected chi connectivity index (χ3v) is 5.03. The summed E-state index contributed by atoms with van der Waals surface area (Å²) in [5.74, 6) is -0.841. The maximum atomic E-state index is 14.3. The molecule has 0 N–H and O–H groups in total. The number of ether oxygens (including phenoxy) is 3. The third-order valence-electron chi connectivity index (χ3n) is 5.03. The molecular formula is C15H22F2O3. The van der Waals surface area contributed by atoms with Gasteiger partial charge in [0.25, 0.3) is 6.48 Å². The van der Waals surface area contributed by atoms with Gasteiger partial charge in [0, 0.05) is 16.7 Å². The van der Waals surface area contributed by atoms with Crippen LogP contribution in [0.15, 0.2) is 11.7 Å². The maximum Gasteiger partial charge on any atom is 0.271 e. The van der Waals surface area contributed by atoms with Crippen LogP contribution in [0.1, 0.15) is 39.5 Å². The second-order valence-electron chi connectivity index (χ2n) is 6.84. The Morgan fingerprint density at radius 1 is 1.10 bits per heavy atom. The predicted molar refractivity (Wildman–Crippen MR) is 69.1 cm³/mol. The Morgan fingerprint density at radius 3 is 2.30 bits per heavy atom. The highest BCUT2D eigenvalue weighted by Gasteiger charge is 2.53. The second-order valence-corrected chi connectivity index (χ2v) is 6.84. The van der Waals surface area contributed by atoms with Crippen LogP contribution in [0.4, 0.5) is 8.78 Å². The molecule has 1 saturated carbocycles. The summed E-state index contributed by atoms with van der Waals surface area (Å²) in [4.78, 5) is 0. The fourth-order valence-electron chi connectivity index (χ4n) is 3.33. The van der Waals surface area contributed by atoms with Gasteiger partial charge in [0.2, 0.25) is 0 Å². The van der Waals surface area contributed by atoms with E-state index >= 15 is 0 Å². The zero-order chi connectivity index (χ0) is 14.4. The Hall–Kier alpha value is -0.520. The van der Waals surface area contributed by atoms with Crippen LogP contribution in [0.2, 0.25) is 0 Å². The highest BCUT2D eigenvalue weighted by molar-refractivity contribution is 5.26. The van der Waals surface area contributed by atoms with Crippen molar-refractivity contribution in [3.63, 3.8) is 0 Å². The first-order valence-electron chi connectivity index (χ1n) is 7.36. The van der Waals surface area contributed by atoms with E-state index in [1.54, 1.807) is 6.92 Å². The topological polar surface area (TPSA) is 27.7 Å². The van der Waals surface area contributed by atoms with E-state index < -0.39 is 29.0 Å². The first kappa shape index (κ1) is 14.4. The molecule has 114 valence electrons. The molecule has 3 aliphatic carbocycles. The average Bonchev–Trinajstić information content (AvgIpc) is 2.46. The van der Waals surface area contributed by atoms with Crippen molar-refractivity contribution in [2.45, 2.75) is 46.0 Å². The molecule has 0 aromatic rings. The number of hydrogen-bond acceptors (Lipinski definition) is 3. The molecule has 4 aliphatic rings. The summed E-state index contributed by atoms with van der Waals surface area (Å²) in [6.45, 7) is 4.36. The van der Waals surface area contributed by atoms with Crippen LogP contribution in [-0.4, -0.2) is 26.3 Å². The molecule has 0 amide bonds. The molecule has 1 saturated heterocycles. The van der Waals surface area contributed by atoms with Gasteiger partial charge < -0.3 is 14.2 Å². The predicted octanol–water partition coefficient (Wildman–Crippen LogP) is 3.70. The summed E-state index contributed by atoms with van der Waals surface area (Å²) in [6, 6.07) is 0. The molecule has 0 aromatic heterocycles. The molecule has 1 heterocycles. The molecule has 0 spiro atoms. The number of hydrogen-bond donors (Lipinski definition) is 0. The van der Waals surface area contributed by atoms with E-state index in [-0.39, 0.29) is 6.61 Å². The minimum absolute atomic E-state index is 0.126. The van der Waals surface area contributed by atoms with Crippen LogP contribution in [-0.2, 0) is 14.2 Å². The fraction of sp³-hybridized carbons (Fsp3) is 0.867. The number of halogens is 2. The molecule has 0 unspecified atom stereocenters. The number of fused-ring (bicyclic) bond motifs is 2. The zero-order valence-electron chi connectivity index (χ0n) is 12.1. The summed E-state index contributed by atoms with van der Waals surface area (Å²) in [5.41, 5.74) is -1.41. The van der Waals surface area contributed by atoms with Gasteiger partial charge in [-0.05, 0) is 25.7 Å². The van der Waals surface area contributed by atoms with Gasteiger partial charge in [0.1, 0.15) is 11.7 Å². The monoisotopic (exact) mass is 288 g/mol. The lowest BCUT2D eigenvalue weighted by atomic mass is 9.58. The van der Waals surface area contributed by atoms with Gasteiger partial charge in [-0.1, -0.05) is 13.8 Å². The number of rotatable bonds is 3. The highest BCUT2D eigenvalue weighted by Crippen LogP contribution is 2.60. The van der Waals surface area contributed by atoms with Crippen molar-refractivity contribution in [2.24, 2.45) is 16.7 Å². The first-order valence-corrected chi connectivity index (χ1v) is 7.36. The molecule has 20 heavy (non-hydrogen) atoms. The van der Waals surface area contributed by atoms with Gasteiger partial charge in [0.05, 0.1) is 19.8 Å². The molecule has 0 aromatic carbocycles. The minimum Gasteiger partial charge on any atom is -0.330 e. The van der Waals surface area contributed by atoms with Gasteiger partial charge in [-0.3, -0.25) is 0 Å². The molecule has 1 aliphatic heterocycles. The summed E-state index contributed by atoms with van der Waals surface area (Å²) in [7, 11) is 0. The number of allylic oxidation sites excluding steroid dienone is 1. The van der Waals surface area contributed by atoms with Crippen LogP contribution < -0.4 is 0 Å². The van der Waals surface area contributed by atoms with E-state index in [1.165, 1.54) is 0 Å². The third kappa shape index (κ3) is 2.30. The molecular weight excluding hydrogens is 266 g/mol. The van der Waals surface area contributed by atoms with E-state index in [0.717, 1.165) is 0 Å². The van der Waals surface area contributed by atoms with Crippen molar-refractivity contribution in [3.8, 4) is 0 Å². The highest BCUT2D eigenvalue weighted by atomic mass is 19.2. The average molecular weight is 288 g/mol. The Bertz CT molecular complexity index is 405. The van der Waals surface area contributed by atoms with Crippen molar-refractivity contribution in [1.29, 1.82) is 0 Å². The Balaban J connectivity index is 1.65. The lowest BCUT2D eigenvalue weighted by molar-refractivity contribution is -0.328. The van der Waals surface area contributed by atoms with Crippen molar-refractivity contribution >= 4 is 0 Å². The lowest BCUT2D eigenvalue weighted by Gasteiger charge is -2.49. The summed E-state index contributed by atoms with van der Waals surface area (Å²) >= 11 is 0. The molecule has 4 rings (SSSR count). The van der Waals surface area contributed by atoms with Crippen molar-refractivity contribution < 1.29 is 23.0 Å². The Morgan fingerprint density at radius 2 is 1.70 bits per heavy atom. The zero-order valence-corrected chi connectivity index (χ0v) is 12.1. The van der Waals surface area contributed by atoms with Crippen LogP contribution in [0.3, 0.4) is 0 Å². The smallest absolute Gasteiger partial charge is 0.271 e. The van der Waals surface area contributed by atoms with Crippen LogP contribution in [0.5, 0.6) is 0 Å². The SMILES string of the molecule is CC1COC(OCC23CCC(C)(CC2)C(F)=C3F)OC1. The van der Waals surface area contributed by atoms with Crippen molar-refractivity contribution in [2.75, 3.05) is 19.8 Å². The lowest BCUT2D eigenvalue weighted by Crippen LogP contribution is -2.45. The van der Waals surface area contributed by atoms with Crippen LogP contribution in [0, 0.1) is 16.7 Å². The summed E-state index contributed by atoms with van der Waals surface area (Å²) in [6.07, 6.45) is 2.62. The van der Waals surface area contributed by atoms with Gasteiger partial charge in [-0.2, -0.15) is 0 Å². The molecule has 0 atom stereocenters. The van der Waals surface area contributed by atoms with Gasteiger partial charge in [0.15, 0.2) is 0 Å². The molecule has 2 bridgehead atoms. The largest absolute Gasteiger partial charge is 0.330 e. The summed E-state index contributed by atoms with van der Waals surface area (Å²) in [5, 5.41) is 0.